The van der Waals surface area contributed by atoms with Gasteiger partial charge in [0.05, 0.1) is 18.8 Å². The van der Waals surface area contributed by atoms with Crippen LogP contribution in [0.15, 0.2) is 6.07 Å². The maximum atomic E-state index is 12.4. The summed E-state index contributed by atoms with van der Waals surface area (Å²) in [4.78, 5) is 16.4. The molecule has 0 aromatic carbocycles. The lowest BCUT2D eigenvalue weighted by atomic mass is 9.99. The van der Waals surface area contributed by atoms with Crippen LogP contribution >= 0.6 is 11.6 Å². The van der Waals surface area contributed by atoms with Gasteiger partial charge in [0, 0.05) is 19.6 Å². The highest BCUT2D eigenvalue weighted by atomic mass is 35.5. The predicted octanol–water partition coefficient (Wildman–Crippen LogP) is 2.65. The van der Waals surface area contributed by atoms with Crippen molar-refractivity contribution in [2.45, 2.75) is 51.9 Å². The number of aromatic nitrogens is 2. The number of carbonyl (C=O) groups is 1. The Balaban J connectivity index is 1.77. The summed E-state index contributed by atoms with van der Waals surface area (Å²) in [6.07, 6.45) is 0.570. The van der Waals surface area contributed by atoms with E-state index in [2.05, 4.69) is 15.1 Å². The monoisotopic (exact) mass is 368 g/mol. The summed E-state index contributed by atoms with van der Waals surface area (Å²) in [5.41, 5.74) is 0.379. The summed E-state index contributed by atoms with van der Waals surface area (Å²) in [6.45, 7) is 10.1. The number of nitrogens with zero attached hydrogens (tertiary/aromatic N) is 4. The molecule has 2 fully saturated rings. The van der Waals surface area contributed by atoms with E-state index >= 15 is 0 Å². The topological polar surface area (TPSA) is 67.8 Å². The van der Waals surface area contributed by atoms with Crippen LogP contribution in [0.1, 0.15) is 32.8 Å². The zero-order valence-electron chi connectivity index (χ0n) is 15.2. The zero-order chi connectivity index (χ0) is 18.2. The molecule has 8 heteroatoms. The largest absolute Gasteiger partial charge is 0.444 e. The van der Waals surface area contributed by atoms with Gasteiger partial charge in [-0.2, -0.15) is 0 Å². The Kier molecular flexibility index (Phi) is 5.06. The predicted molar refractivity (Wildman–Crippen MR) is 95.1 cm³/mol. The Bertz CT molecular complexity index is 649. The smallest absolute Gasteiger partial charge is 0.410 e. The molecule has 2 aliphatic rings. The van der Waals surface area contributed by atoms with Gasteiger partial charge in [-0.25, -0.2) is 4.79 Å². The van der Waals surface area contributed by atoms with Crippen LogP contribution in [0.3, 0.4) is 0 Å². The number of ether oxygens (including phenoxy) is 2. The minimum Gasteiger partial charge on any atom is -0.444 e. The maximum Gasteiger partial charge on any atom is 0.410 e. The number of rotatable bonds is 1. The number of hydrogen-bond acceptors (Lipinski definition) is 6. The molecular formula is C17H25ClN4O3. The summed E-state index contributed by atoms with van der Waals surface area (Å²) in [6, 6.07) is 1.97. The first-order valence-electron chi connectivity index (χ1n) is 8.60. The summed E-state index contributed by atoms with van der Waals surface area (Å²) in [5, 5.41) is 8.67. The van der Waals surface area contributed by atoms with E-state index in [0.717, 1.165) is 17.8 Å². The Morgan fingerprint density at radius 3 is 2.80 bits per heavy atom. The fourth-order valence-corrected chi connectivity index (χ4v) is 3.34. The molecule has 0 N–H and O–H groups in total. The van der Waals surface area contributed by atoms with Crippen molar-refractivity contribution in [1.82, 2.24) is 15.1 Å². The van der Waals surface area contributed by atoms with Gasteiger partial charge in [0.25, 0.3) is 0 Å². The molecule has 7 nitrogen and oxygen atoms in total. The summed E-state index contributed by atoms with van der Waals surface area (Å²) in [7, 11) is 0. The van der Waals surface area contributed by atoms with Crippen LogP contribution in [0.5, 0.6) is 0 Å². The summed E-state index contributed by atoms with van der Waals surface area (Å²) >= 11 is 6.00. The zero-order valence-corrected chi connectivity index (χ0v) is 15.9. The number of fused-ring (bicyclic) bond motifs is 1. The van der Waals surface area contributed by atoms with Crippen LogP contribution in [-0.4, -0.2) is 65.2 Å². The van der Waals surface area contributed by atoms with E-state index in [1.807, 2.05) is 33.8 Å². The number of carbonyl (C=O) groups excluding carboxylic acids is 1. The van der Waals surface area contributed by atoms with Crippen molar-refractivity contribution in [3.05, 3.63) is 16.8 Å². The van der Waals surface area contributed by atoms with E-state index in [4.69, 9.17) is 21.1 Å². The average Bonchev–Trinajstić information content (AvgIpc) is 2.55. The van der Waals surface area contributed by atoms with E-state index in [9.17, 15) is 4.79 Å². The van der Waals surface area contributed by atoms with Crippen LogP contribution in [-0.2, 0) is 9.47 Å². The Morgan fingerprint density at radius 1 is 1.36 bits per heavy atom. The summed E-state index contributed by atoms with van der Waals surface area (Å²) in [5.74, 6) is 0.770. The van der Waals surface area contributed by atoms with Crippen molar-refractivity contribution in [2.75, 3.05) is 31.1 Å². The molecule has 3 rings (SSSR count). The molecule has 1 aromatic rings. The normalized spacial score (nSPS) is 24.0. The van der Waals surface area contributed by atoms with Gasteiger partial charge in [-0.3, -0.25) is 0 Å². The number of anilines is 1. The molecule has 0 unspecified atom stereocenters. The molecular weight excluding hydrogens is 344 g/mol. The van der Waals surface area contributed by atoms with Crippen LogP contribution in [0, 0.1) is 6.92 Å². The second-order valence-electron chi connectivity index (χ2n) is 7.56. The number of likely N-dealkylation sites (tertiary alicyclic amines) is 1. The van der Waals surface area contributed by atoms with Crippen LogP contribution in [0.2, 0.25) is 5.15 Å². The quantitative estimate of drug-likeness (QED) is 0.759. The molecule has 138 valence electrons. The van der Waals surface area contributed by atoms with Gasteiger partial charge < -0.3 is 19.3 Å². The van der Waals surface area contributed by atoms with Crippen molar-refractivity contribution in [2.24, 2.45) is 0 Å². The van der Waals surface area contributed by atoms with E-state index < -0.39 is 5.60 Å². The van der Waals surface area contributed by atoms with Crippen LogP contribution < -0.4 is 4.90 Å². The van der Waals surface area contributed by atoms with E-state index in [1.54, 1.807) is 4.90 Å². The molecule has 3 heterocycles. The maximum absolute atomic E-state index is 12.4. The van der Waals surface area contributed by atoms with Gasteiger partial charge in [-0.05, 0) is 45.7 Å². The number of halogens is 1. The van der Waals surface area contributed by atoms with Crippen LogP contribution in [0.4, 0.5) is 10.6 Å². The Morgan fingerprint density at radius 2 is 2.12 bits per heavy atom. The molecule has 2 saturated heterocycles. The van der Waals surface area contributed by atoms with Crippen molar-refractivity contribution in [3.63, 3.8) is 0 Å². The molecule has 2 atom stereocenters. The third kappa shape index (κ3) is 4.15. The first kappa shape index (κ1) is 18.2. The molecule has 0 saturated carbocycles. The highest BCUT2D eigenvalue weighted by molar-refractivity contribution is 6.30. The first-order valence-corrected chi connectivity index (χ1v) is 8.98. The van der Waals surface area contributed by atoms with Gasteiger partial charge in [0.2, 0.25) is 0 Å². The second-order valence-corrected chi connectivity index (χ2v) is 7.92. The second kappa shape index (κ2) is 6.96. The minimum atomic E-state index is -0.505. The van der Waals surface area contributed by atoms with Gasteiger partial charge in [0.1, 0.15) is 5.60 Å². The molecule has 0 spiro atoms. The van der Waals surface area contributed by atoms with E-state index in [-0.39, 0.29) is 18.2 Å². The lowest BCUT2D eigenvalue weighted by Gasteiger charge is -2.47. The fraction of sp³-hybridized carbons (Fsp3) is 0.706. The average molecular weight is 369 g/mol. The molecule has 0 bridgehead atoms. The van der Waals surface area contributed by atoms with Gasteiger partial charge in [0.15, 0.2) is 11.0 Å². The van der Waals surface area contributed by atoms with Crippen molar-refractivity contribution in [1.29, 1.82) is 0 Å². The molecule has 1 aromatic heterocycles. The molecule has 0 radical (unpaired) electrons. The molecule has 2 aliphatic heterocycles. The van der Waals surface area contributed by atoms with Crippen molar-refractivity contribution >= 4 is 23.5 Å². The van der Waals surface area contributed by atoms with Crippen molar-refractivity contribution < 1.29 is 14.3 Å². The van der Waals surface area contributed by atoms with Crippen LogP contribution in [0.25, 0.3) is 0 Å². The number of amides is 1. The van der Waals surface area contributed by atoms with Gasteiger partial charge in [-0.15, -0.1) is 10.2 Å². The third-order valence-corrected chi connectivity index (χ3v) is 4.82. The first-order chi connectivity index (χ1) is 11.7. The highest BCUT2D eigenvalue weighted by Crippen LogP contribution is 2.28. The fourth-order valence-electron chi connectivity index (χ4n) is 3.25. The SMILES string of the molecule is Cc1cc(N2CCO[C@@H]3CCN(C(=O)OC(C)(C)C)C[C@@H]32)nnc1Cl. The minimum absolute atomic E-state index is 0.0323. The lowest BCUT2D eigenvalue weighted by molar-refractivity contribution is -0.0372. The van der Waals surface area contributed by atoms with Gasteiger partial charge in [-0.1, -0.05) is 11.6 Å². The molecule has 25 heavy (non-hydrogen) atoms. The van der Waals surface area contributed by atoms with E-state index in [0.29, 0.717) is 31.4 Å². The number of morpholine rings is 1. The highest BCUT2D eigenvalue weighted by Gasteiger charge is 2.40. The Hall–Kier alpha value is -1.60. The molecule has 0 aliphatic carbocycles. The third-order valence-electron chi connectivity index (χ3n) is 4.44. The summed E-state index contributed by atoms with van der Waals surface area (Å²) < 4.78 is 11.4. The van der Waals surface area contributed by atoms with Gasteiger partial charge >= 0.3 is 6.09 Å². The van der Waals surface area contributed by atoms with E-state index in [1.165, 1.54) is 0 Å². The van der Waals surface area contributed by atoms with Crippen molar-refractivity contribution in [3.8, 4) is 0 Å². The number of hydrogen-bond donors (Lipinski definition) is 0. The lowest BCUT2D eigenvalue weighted by Crippen LogP contribution is -2.61. The standard InChI is InChI=1S/C17H25ClN4O3/c1-11-9-14(19-20-15(11)18)22-7-8-24-13-5-6-21(10-12(13)22)16(23)25-17(2,3)4/h9,12-13H,5-8,10H2,1-4H3/t12-,13+/m0/s1. The number of piperidine rings is 1. The number of aryl methyl sites for hydroxylation is 1. The Labute approximate surface area is 153 Å². The molecule has 1 amide bonds.